The van der Waals surface area contributed by atoms with Gasteiger partial charge in [0, 0.05) is 37.7 Å². The van der Waals surface area contributed by atoms with Crippen molar-refractivity contribution in [3.63, 3.8) is 0 Å². The van der Waals surface area contributed by atoms with E-state index in [1.54, 1.807) is 48.3 Å². The van der Waals surface area contributed by atoms with Crippen molar-refractivity contribution >= 4 is 35.6 Å². The fourth-order valence-electron chi connectivity index (χ4n) is 5.96. The van der Waals surface area contributed by atoms with Crippen molar-refractivity contribution in [2.45, 2.75) is 58.0 Å². The van der Waals surface area contributed by atoms with E-state index >= 15 is 0 Å². The lowest BCUT2D eigenvalue weighted by Crippen LogP contribution is -2.35. The summed E-state index contributed by atoms with van der Waals surface area (Å²) in [7, 11) is 3.13. The van der Waals surface area contributed by atoms with Crippen molar-refractivity contribution in [2.75, 3.05) is 40.5 Å². The summed E-state index contributed by atoms with van der Waals surface area (Å²) < 4.78 is 23.2. The SMILES string of the molecule is C=C1CC2C=Nc3cc(OCCCCCOc4cc5c(cc4OC)C(=O)N4CC(=C)C[C@H]4C=N5)c(OC)cc3C(=O)N2C1.CC. The van der Waals surface area contributed by atoms with Crippen LogP contribution in [0, 0.1) is 0 Å². The predicted octanol–water partition coefficient (Wildman–Crippen LogP) is 6.33. The summed E-state index contributed by atoms with van der Waals surface area (Å²) in [5, 5.41) is 0. The van der Waals surface area contributed by atoms with Crippen molar-refractivity contribution in [2.24, 2.45) is 9.98 Å². The molecule has 2 saturated heterocycles. The number of carbonyl (C=O) groups is 2. The maximum Gasteiger partial charge on any atom is 0.257 e. The Morgan fingerprint density at radius 3 is 1.51 bits per heavy atom. The van der Waals surface area contributed by atoms with Gasteiger partial charge in [-0.25, -0.2) is 0 Å². The molecule has 0 N–H and O–H groups in total. The van der Waals surface area contributed by atoms with Gasteiger partial charge in [-0.15, -0.1) is 0 Å². The molecular weight excluding hydrogens is 572 g/mol. The monoisotopic (exact) mass is 614 g/mol. The molecule has 0 spiro atoms. The van der Waals surface area contributed by atoms with Gasteiger partial charge < -0.3 is 28.7 Å². The number of aliphatic imine (C=N–C) groups is 2. The van der Waals surface area contributed by atoms with E-state index in [0.717, 1.165) is 43.3 Å². The third-order valence-electron chi connectivity index (χ3n) is 8.21. The Balaban J connectivity index is 0.00000196. The molecule has 0 aliphatic carbocycles. The number of ether oxygens (including phenoxy) is 4. The maximum atomic E-state index is 13.2. The van der Waals surface area contributed by atoms with Crippen LogP contribution in [0.25, 0.3) is 0 Å². The second-order valence-electron chi connectivity index (χ2n) is 11.3. The second kappa shape index (κ2) is 14.0. The topological polar surface area (TPSA) is 102 Å². The highest BCUT2D eigenvalue weighted by molar-refractivity contribution is 6.04. The van der Waals surface area contributed by atoms with Crippen molar-refractivity contribution in [1.82, 2.24) is 9.80 Å². The van der Waals surface area contributed by atoms with E-state index in [4.69, 9.17) is 18.9 Å². The zero-order valence-corrected chi connectivity index (χ0v) is 26.6. The van der Waals surface area contributed by atoms with Crippen LogP contribution in [0.15, 0.2) is 58.6 Å². The first-order chi connectivity index (χ1) is 21.9. The molecule has 0 saturated carbocycles. The number of benzene rings is 2. The average molecular weight is 615 g/mol. The number of unbranched alkanes of at least 4 members (excludes halogenated alkanes) is 2. The van der Waals surface area contributed by atoms with Crippen molar-refractivity contribution in [3.8, 4) is 23.0 Å². The number of hydrogen-bond acceptors (Lipinski definition) is 8. The molecule has 2 atom stereocenters. The van der Waals surface area contributed by atoms with E-state index < -0.39 is 0 Å². The average Bonchev–Trinajstić information content (AvgIpc) is 3.56. The quantitative estimate of drug-likeness (QED) is 0.229. The zero-order chi connectivity index (χ0) is 32.1. The molecule has 4 heterocycles. The number of fused-ring (bicyclic) bond motifs is 4. The number of hydrogen-bond donors (Lipinski definition) is 0. The maximum absolute atomic E-state index is 13.2. The molecular formula is C35H42N4O6. The van der Waals surface area contributed by atoms with E-state index in [2.05, 4.69) is 23.1 Å². The summed E-state index contributed by atoms with van der Waals surface area (Å²) in [6, 6.07) is 6.86. The van der Waals surface area contributed by atoms with Crippen LogP contribution in [-0.4, -0.2) is 86.6 Å². The third-order valence-corrected chi connectivity index (χ3v) is 8.21. The van der Waals surface area contributed by atoms with E-state index in [-0.39, 0.29) is 23.9 Å². The Bertz CT molecular complexity index is 1430. The van der Waals surface area contributed by atoms with Crippen molar-refractivity contribution in [3.05, 3.63) is 59.7 Å². The lowest BCUT2D eigenvalue weighted by Gasteiger charge is -2.20. The Morgan fingerprint density at radius 2 is 1.11 bits per heavy atom. The fourth-order valence-corrected chi connectivity index (χ4v) is 5.96. The molecule has 10 nitrogen and oxygen atoms in total. The van der Waals surface area contributed by atoms with Gasteiger partial charge in [0.1, 0.15) is 0 Å². The summed E-state index contributed by atoms with van der Waals surface area (Å²) in [6.45, 7) is 14.1. The summed E-state index contributed by atoms with van der Waals surface area (Å²) >= 11 is 0. The Hall–Kier alpha value is -4.60. The summed E-state index contributed by atoms with van der Waals surface area (Å²) in [6.07, 6.45) is 7.57. The summed E-state index contributed by atoms with van der Waals surface area (Å²) in [5.74, 6) is 1.98. The predicted molar refractivity (Wildman–Crippen MR) is 176 cm³/mol. The molecule has 2 fully saturated rings. The molecule has 0 bridgehead atoms. The molecule has 6 rings (SSSR count). The van der Waals surface area contributed by atoms with Gasteiger partial charge >= 0.3 is 0 Å². The molecule has 2 amide bonds. The van der Waals surface area contributed by atoms with Crippen LogP contribution in [-0.2, 0) is 0 Å². The van der Waals surface area contributed by atoms with Crippen molar-refractivity contribution in [1.29, 1.82) is 0 Å². The van der Waals surface area contributed by atoms with Crippen LogP contribution in [0.1, 0.15) is 66.7 Å². The van der Waals surface area contributed by atoms with Gasteiger partial charge in [-0.05, 0) is 44.2 Å². The van der Waals surface area contributed by atoms with Gasteiger partial charge in [0.25, 0.3) is 11.8 Å². The van der Waals surface area contributed by atoms with Gasteiger partial charge in [0.2, 0.25) is 0 Å². The number of methoxy groups -OCH3 is 2. The van der Waals surface area contributed by atoms with Gasteiger partial charge in [-0.1, -0.05) is 38.2 Å². The highest BCUT2D eigenvalue weighted by atomic mass is 16.5. The van der Waals surface area contributed by atoms with Crippen LogP contribution in [0.3, 0.4) is 0 Å². The Kier molecular flexibility index (Phi) is 9.90. The van der Waals surface area contributed by atoms with E-state index in [9.17, 15) is 9.59 Å². The Morgan fingerprint density at radius 1 is 0.689 bits per heavy atom. The highest BCUT2D eigenvalue weighted by Crippen LogP contribution is 2.40. The van der Waals surface area contributed by atoms with Crippen LogP contribution in [0.4, 0.5) is 11.4 Å². The normalized spacial score (nSPS) is 19.6. The van der Waals surface area contributed by atoms with Crippen LogP contribution < -0.4 is 18.9 Å². The number of rotatable bonds is 10. The largest absolute Gasteiger partial charge is 0.493 e. The lowest BCUT2D eigenvalue weighted by atomic mass is 10.1. The molecule has 45 heavy (non-hydrogen) atoms. The van der Waals surface area contributed by atoms with Crippen LogP contribution in [0.2, 0.25) is 0 Å². The van der Waals surface area contributed by atoms with E-state index in [1.165, 1.54) is 0 Å². The molecule has 2 aromatic rings. The molecule has 0 aromatic heterocycles. The van der Waals surface area contributed by atoms with Gasteiger partial charge in [0.05, 0.1) is 62.0 Å². The minimum absolute atomic E-state index is 0.0652. The van der Waals surface area contributed by atoms with Gasteiger partial charge in [0.15, 0.2) is 23.0 Å². The number of amides is 2. The Labute approximate surface area is 265 Å². The number of carbonyl (C=O) groups excluding carboxylic acids is 2. The zero-order valence-electron chi connectivity index (χ0n) is 26.6. The number of nitrogens with zero attached hydrogens (tertiary/aromatic N) is 4. The summed E-state index contributed by atoms with van der Waals surface area (Å²) in [4.78, 5) is 39.1. The minimum atomic E-state index is -0.0721. The third kappa shape index (κ3) is 6.60. The highest BCUT2D eigenvalue weighted by Gasteiger charge is 2.35. The smallest absolute Gasteiger partial charge is 0.257 e. The van der Waals surface area contributed by atoms with Crippen LogP contribution in [0.5, 0.6) is 23.0 Å². The van der Waals surface area contributed by atoms with Crippen molar-refractivity contribution < 1.29 is 28.5 Å². The first kappa shape index (κ1) is 31.8. The fraction of sp³-hybridized carbons (Fsp3) is 0.429. The molecule has 0 radical (unpaired) electrons. The molecule has 4 aliphatic heterocycles. The summed E-state index contributed by atoms with van der Waals surface area (Å²) in [5.41, 5.74) is 4.23. The molecule has 1 unspecified atom stereocenters. The second-order valence-corrected chi connectivity index (χ2v) is 11.3. The molecule has 10 heteroatoms. The molecule has 4 aliphatic rings. The lowest BCUT2D eigenvalue weighted by molar-refractivity contribution is 0.0769. The molecule has 238 valence electrons. The first-order valence-electron chi connectivity index (χ1n) is 15.6. The van der Waals surface area contributed by atoms with Gasteiger partial charge in [-0.2, -0.15) is 0 Å². The van der Waals surface area contributed by atoms with E-state index in [0.29, 0.717) is 71.8 Å². The molecule has 2 aromatic carbocycles. The van der Waals surface area contributed by atoms with Gasteiger partial charge in [-0.3, -0.25) is 19.6 Å². The first-order valence-corrected chi connectivity index (χ1v) is 15.6. The van der Waals surface area contributed by atoms with E-state index in [1.807, 2.05) is 26.3 Å². The minimum Gasteiger partial charge on any atom is -0.493 e. The van der Waals surface area contributed by atoms with Crippen LogP contribution >= 0.6 is 0 Å². The standard InChI is InChI=1S/C33H36N4O6.C2H6/c1-20-10-22-16-34-26-14-30(28(40-3)12-24(26)32(38)36(22)18-20)42-8-6-5-7-9-43-31-15-27-25(13-29(31)41-4)33(39)37-19-21(2)11-23(37)17-35-27;1-2/h12-17,22-23H,1-2,5-11,18-19H2,3-4H3;1-2H3/t22-,23?;/m0./s1.